The van der Waals surface area contributed by atoms with Gasteiger partial charge in [-0.05, 0) is 44.9 Å². The Balaban J connectivity index is 2.06. The van der Waals surface area contributed by atoms with Gasteiger partial charge in [-0.1, -0.05) is 346 Å². The maximum Gasteiger partial charge on any atom is 0.220 e. The Morgan fingerprint density at radius 2 is 0.728 bits per heavy atom. The third kappa shape index (κ3) is 50.5. The lowest BCUT2D eigenvalue weighted by molar-refractivity contribution is -0.302. The summed E-state index contributed by atoms with van der Waals surface area (Å²) in [6.45, 7) is 3.90. The average molecular weight is 1150 g/mol. The Morgan fingerprint density at radius 3 is 1.06 bits per heavy atom. The molecule has 1 amide bonds. The second kappa shape index (κ2) is 61.7. The fraction of sp³-hybridized carbons (Fsp3) is 0.931. The van der Waals surface area contributed by atoms with E-state index < -0.39 is 49.5 Å². The lowest BCUT2D eigenvalue weighted by Gasteiger charge is -2.40. The molecule has 6 N–H and O–H groups in total. The third-order valence-corrected chi connectivity index (χ3v) is 17.6. The van der Waals surface area contributed by atoms with E-state index in [-0.39, 0.29) is 12.5 Å². The van der Waals surface area contributed by atoms with E-state index >= 15 is 0 Å². The van der Waals surface area contributed by atoms with Crippen LogP contribution in [0.1, 0.15) is 373 Å². The number of ether oxygens (including phenoxy) is 2. The van der Waals surface area contributed by atoms with Crippen LogP contribution in [-0.2, 0) is 14.3 Å². The first-order valence-corrected chi connectivity index (χ1v) is 36.0. The largest absolute Gasteiger partial charge is 0.394 e. The molecule has 1 aliphatic rings. The van der Waals surface area contributed by atoms with E-state index in [4.69, 9.17) is 9.47 Å². The number of allylic oxidation sites excluding steroid dienone is 4. The molecule has 7 atom stereocenters. The van der Waals surface area contributed by atoms with Gasteiger partial charge in [0, 0.05) is 6.42 Å². The number of carbonyl (C=O) groups is 1. The van der Waals surface area contributed by atoms with Crippen molar-refractivity contribution in [3.8, 4) is 0 Å². The van der Waals surface area contributed by atoms with Gasteiger partial charge < -0.3 is 40.3 Å². The van der Waals surface area contributed by atoms with E-state index in [1.165, 1.54) is 302 Å². The van der Waals surface area contributed by atoms with Gasteiger partial charge in [-0.2, -0.15) is 0 Å². The van der Waals surface area contributed by atoms with Gasteiger partial charge in [0.05, 0.1) is 25.4 Å². The average Bonchev–Trinajstić information content (AvgIpc) is 3.49. The van der Waals surface area contributed by atoms with Gasteiger partial charge in [-0.15, -0.1) is 0 Å². The summed E-state index contributed by atoms with van der Waals surface area (Å²) >= 11 is 0. The number of rotatable bonds is 64. The zero-order valence-corrected chi connectivity index (χ0v) is 53.8. The van der Waals surface area contributed by atoms with Gasteiger partial charge >= 0.3 is 0 Å². The van der Waals surface area contributed by atoms with Crippen molar-refractivity contribution in [2.75, 3.05) is 13.2 Å². The molecule has 1 rings (SSSR count). The predicted octanol–water partition coefficient (Wildman–Crippen LogP) is 19.6. The van der Waals surface area contributed by atoms with E-state index in [0.717, 1.165) is 44.9 Å². The van der Waals surface area contributed by atoms with Gasteiger partial charge in [0.2, 0.25) is 5.91 Å². The van der Waals surface area contributed by atoms with E-state index in [1.807, 2.05) is 0 Å². The molecule has 7 unspecified atom stereocenters. The molecule has 0 radical (unpaired) electrons. The summed E-state index contributed by atoms with van der Waals surface area (Å²) in [4.78, 5) is 13.1. The van der Waals surface area contributed by atoms with Gasteiger partial charge in [-0.3, -0.25) is 4.79 Å². The highest BCUT2D eigenvalue weighted by Gasteiger charge is 2.44. The smallest absolute Gasteiger partial charge is 0.220 e. The minimum Gasteiger partial charge on any atom is -0.394 e. The predicted molar refractivity (Wildman–Crippen MR) is 346 cm³/mol. The fourth-order valence-electron chi connectivity index (χ4n) is 11.9. The SMILES string of the molecule is CCCCCCCCCCCCCCC/C=C\C/C=C\CCCCCCCCCCCCCCCCCCCC(=O)NC(COC1OC(CO)C(O)C(O)C1O)C(O)CCCCCCCCCCCCCCCCCCCCCCC. The molecule has 81 heavy (non-hydrogen) atoms. The van der Waals surface area contributed by atoms with Crippen molar-refractivity contribution in [3.05, 3.63) is 24.3 Å². The molecule has 0 aromatic heterocycles. The molecular formula is C72H139NO8. The van der Waals surface area contributed by atoms with Crippen molar-refractivity contribution in [1.82, 2.24) is 5.32 Å². The van der Waals surface area contributed by atoms with Crippen molar-refractivity contribution in [3.63, 3.8) is 0 Å². The number of hydrogen-bond donors (Lipinski definition) is 6. The lowest BCUT2D eigenvalue weighted by atomic mass is 9.99. The van der Waals surface area contributed by atoms with Crippen LogP contribution in [-0.4, -0.2) is 87.5 Å². The molecule has 1 fully saturated rings. The molecule has 0 aromatic rings. The maximum atomic E-state index is 13.1. The van der Waals surface area contributed by atoms with Crippen LogP contribution >= 0.6 is 0 Å². The minimum absolute atomic E-state index is 0.133. The highest BCUT2D eigenvalue weighted by Crippen LogP contribution is 2.24. The van der Waals surface area contributed by atoms with Gasteiger partial charge in [-0.25, -0.2) is 0 Å². The summed E-state index contributed by atoms with van der Waals surface area (Å²) in [6.07, 6.45) is 74.0. The van der Waals surface area contributed by atoms with Crippen LogP contribution in [0.3, 0.4) is 0 Å². The summed E-state index contributed by atoms with van der Waals surface area (Å²) in [7, 11) is 0. The molecule has 1 saturated heterocycles. The Hall–Kier alpha value is -1.33. The normalized spacial score (nSPS) is 18.4. The van der Waals surface area contributed by atoms with Crippen molar-refractivity contribution < 1.29 is 39.8 Å². The second-order valence-corrected chi connectivity index (χ2v) is 25.4. The summed E-state index contributed by atoms with van der Waals surface area (Å²) in [5.74, 6) is -0.137. The van der Waals surface area contributed by atoms with Crippen molar-refractivity contribution in [1.29, 1.82) is 0 Å². The third-order valence-electron chi connectivity index (χ3n) is 17.6. The van der Waals surface area contributed by atoms with Crippen molar-refractivity contribution in [2.45, 2.75) is 416 Å². The van der Waals surface area contributed by atoms with E-state index in [1.54, 1.807) is 0 Å². The zero-order valence-electron chi connectivity index (χ0n) is 53.8. The zero-order chi connectivity index (χ0) is 58.6. The summed E-state index contributed by atoms with van der Waals surface area (Å²) < 4.78 is 11.4. The molecule has 0 spiro atoms. The van der Waals surface area contributed by atoms with Crippen LogP contribution in [0, 0.1) is 0 Å². The standard InChI is InChI=1S/C72H139NO8/c1-3-5-7-9-11-13-15-17-19-21-23-25-26-27-28-29-30-31-32-33-34-35-36-37-38-39-40-42-44-46-48-50-52-54-56-58-60-62-68(76)73-65(64-80-72-71(79)70(78)69(77)67(63-74)81-72)66(75)61-59-57-55-53-51-49-47-45-43-41-24-22-20-18-16-14-12-10-8-6-4-2/h28-29,31-32,65-67,69-72,74-75,77-79H,3-27,30,33-64H2,1-2H3,(H,73,76)/b29-28-,32-31-. The Labute approximate surface area is 502 Å². The fourth-order valence-corrected chi connectivity index (χ4v) is 11.9. The number of unbranched alkanes of at least 4 members (excludes halogenated alkanes) is 50. The minimum atomic E-state index is -1.55. The molecule has 1 aliphatic heterocycles. The van der Waals surface area contributed by atoms with Gasteiger partial charge in [0.1, 0.15) is 24.4 Å². The summed E-state index contributed by atoms with van der Waals surface area (Å²) in [6, 6.07) is -0.718. The van der Waals surface area contributed by atoms with E-state index in [0.29, 0.717) is 12.8 Å². The number of hydrogen-bond acceptors (Lipinski definition) is 8. The first kappa shape index (κ1) is 77.7. The number of aliphatic hydroxyl groups is 5. The van der Waals surface area contributed by atoms with Crippen molar-refractivity contribution >= 4 is 5.91 Å². The quantitative estimate of drug-likeness (QED) is 0.0261. The molecule has 0 saturated carbocycles. The monoisotopic (exact) mass is 1150 g/mol. The van der Waals surface area contributed by atoms with Gasteiger partial charge in [0.15, 0.2) is 6.29 Å². The van der Waals surface area contributed by atoms with Crippen molar-refractivity contribution in [2.24, 2.45) is 0 Å². The van der Waals surface area contributed by atoms with Crippen LogP contribution in [0.5, 0.6) is 0 Å². The molecule has 0 bridgehead atoms. The second-order valence-electron chi connectivity index (χ2n) is 25.4. The highest BCUT2D eigenvalue weighted by atomic mass is 16.7. The summed E-state index contributed by atoms with van der Waals surface area (Å²) in [5, 5.41) is 54.9. The first-order valence-electron chi connectivity index (χ1n) is 36.0. The maximum absolute atomic E-state index is 13.1. The van der Waals surface area contributed by atoms with Gasteiger partial charge in [0.25, 0.3) is 0 Å². The van der Waals surface area contributed by atoms with Crippen LogP contribution in [0.15, 0.2) is 24.3 Å². The van der Waals surface area contributed by atoms with Crippen LogP contribution < -0.4 is 5.32 Å². The highest BCUT2D eigenvalue weighted by molar-refractivity contribution is 5.76. The Kier molecular flexibility index (Phi) is 59.2. The van der Waals surface area contributed by atoms with E-state index in [2.05, 4.69) is 43.5 Å². The van der Waals surface area contributed by atoms with Crippen LogP contribution in [0.25, 0.3) is 0 Å². The molecule has 1 heterocycles. The van der Waals surface area contributed by atoms with Crippen LogP contribution in [0.4, 0.5) is 0 Å². The molecule has 480 valence electrons. The lowest BCUT2D eigenvalue weighted by Crippen LogP contribution is -2.60. The number of amides is 1. The topological polar surface area (TPSA) is 149 Å². The number of nitrogens with one attached hydrogen (secondary N) is 1. The molecular weight excluding hydrogens is 1010 g/mol. The molecule has 9 heteroatoms. The summed E-state index contributed by atoms with van der Waals surface area (Å²) in [5.41, 5.74) is 0. The Morgan fingerprint density at radius 1 is 0.420 bits per heavy atom. The molecule has 0 aliphatic carbocycles. The first-order chi connectivity index (χ1) is 39.8. The van der Waals surface area contributed by atoms with Crippen LogP contribution in [0.2, 0.25) is 0 Å². The number of aliphatic hydroxyl groups excluding tert-OH is 5. The molecule has 0 aromatic carbocycles. The number of carbonyl (C=O) groups excluding carboxylic acids is 1. The molecule has 9 nitrogen and oxygen atoms in total. The Bertz CT molecular complexity index is 1330. The van der Waals surface area contributed by atoms with E-state index in [9.17, 15) is 30.3 Å².